The van der Waals surface area contributed by atoms with Gasteiger partial charge in [-0.1, -0.05) is 38.1 Å². The van der Waals surface area contributed by atoms with Crippen LogP contribution in [0.3, 0.4) is 0 Å². The molecule has 0 aliphatic carbocycles. The molecule has 43 heavy (non-hydrogen) atoms. The van der Waals surface area contributed by atoms with E-state index in [4.69, 9.17) is 22.3 Å². The summed E-state index contributed by atoms with van der Waals surface area (Å²) < 4.78 is 16.6. The number of carbonyl (C=O) groups is 1. The van der Waals surface area contributed by atoms with Crippen LogP contribution in [-0.4, -0.2) is 51.0 Å². The molecule has 2 N–H and O–H groups in total. The zero-order chi connectivity index (χ0) is 31.2. The van der Waals surface area contributed by atoms with E-state index in [0.29, 0.717) is 42.1 Å². The summed E-state index contributed by atoms with van der Waals surface area (Å²) in [6.45, 7) is 12.3. The first-order valence-electron chi connectivity index (χ1n) is 13.9. The fourth-order valence-electron chi connectivity index (χ4n) is 5.76. The molecule has 9 nitrogen and oxygen atoms in total. The van der Waals surface area contributed by atoms with Crippen LogP contribution < -0.4 is 16.2 Å². The smallest absolute Gasteiger partial charge is 0.276 e. The maximum atomic E-state index is 15.2. The molecule has 4 aromatic rings. The molecule has 1 aliphatic rings. The third-order valence-electron chi connectivity index (χ3n) is 7.80. The number of fused-ring (bicyclic) bond motifs is 1. The number of pyridine rings is 3. The number of piperazine rings is 1. The maximum absolute atomic E-state index is 15.2. The van der Waals surface area contributed by atoms with Gasteiger partial charge in [0, 0.05) is 42.9 Å². The average Bonchev–Trinajstić information content (AvgIpc) is 2.97. The van der Waals surface area contributed by atoms with Crippen LogP contribution in [0.5, 0.6) is 0 Å². The zero-order valence-corrected chi connectivity index (χ0v) is 25.1. The van der Waals surface area contributed by atoms with Gasteiger partial charge in [-0.05, 0) is 55.7 Å². The molecule has 1 aliphatic heterocycles. The number of nitrogens with zero attached hydrogens (tertiary/aromatic N) is 6. The van der Waals surface area contributed by atoms with Gasteiger partial charge in [-0.15, -0.1) is 0 Å². The number of rotatable bonds is 5. The highest BCUT2D eigenvalue weighted by Gasteiger charge is 2.32. The minimum Gasteiger partial charge on any atom is -0.398 e. The van der Waals surface area contributed by atoms with E-state index in [1.54, 1.807) is 29.3 Å². The number of nitrogen functional groups attached to an aromatic ring is 1. The number of aromatic nitrogens is 3. The summed E-state index contributed by atoms with van der Waals surface area (Å²) in [5.41, 5.74) is 8.10. The number of aryl methyl sites for hydroxylation is 1. The minimum absolute atomic E-state index is 0.0106. The molecular weight excluding hydrogens is 569 g/mol. The van der Waals surface area contributed by atoms with Crippen LogP contribution >= 0.6 is 11.6 Å². The number of hydrogen-bond acceptors (Lipinski definition) is 7. The maximum Gasteiger partial charge on any atom is 0.276 e. The molecule has 1 aromatic carbocycles. The Morgan fingerprint density at radius 1 is 1.28 bits per heavy atom. The van der Waals surface area contributed by atoms with Crippen molar-refractivity contribution in [3.8, 4) is 23.0 Å². The number of hydrogen-bond donors (Lipinski definition) is 1. The Kier molecular flexibility index (Phi) is 7.95. The van der Waals surface area contributed by atoms with E-state index in [-0.39, 0.29) is 51.0 Å². The Bertz CT molecular complexity index is 1880. The van der Waals surface area contributed by atoms with Gasteiger partial charge in [0.1, 0.15) is 23.1 Å². The molecule has 1 amide bonds. The standard InChI is InChI=1S/C32H31ClFN7O2/c1-6-25(42)40-13-12-39(16-19(40)5)30-20-14-22(33)28(26-23(34)8-7-9-24(26)36)38-31(20)41(32(43)21(30)15-35)29-18(4)10-11-37-27(29)17(2)3/h6-11,14,17,19H,1,12-13,16,36H2,2-5H3. The predicted octanol–water partition coefficient (Wildman–Crippen LogP) is 5.35. The highest BCUT2D eigenvalue weighted by Crippen LogP contribution is 2.39. The van der Waals surface area contributed by atoms with Crippen LogP contribution in [0.4, 0.5) is 15.8 Å². The number of halogens is 2. The fraction of sp³-hybridized carbons (Fsp3) is 0.281. The van der Waals surface area contributed by atoms with Gasteiger partial charge >= 0.3 is 0 Å². The molecule has 1 fully saturated rings. The van der Waals surface area contributed by atoms with E-state index in [2.05, 4.69) is 17.6 Å². The van der Waals surface area contributed by atoms with Gasteiger partial charge in [0.15, 0.2) is 0 Å². The third-order valence-corrected chi connectivity index (χ3v) is 8.09. The fourth-order valence-corrected chi connectivity index (χ4v) is 6.01. The Hall–Kier alpha value is -4.75. The summed E-state index contributed by atoms with van der Waals surface area (Å²) in [5.74, 6) is -0.890. The molecule has 1 atom stereocenters. The van der Waals surface area contributed by atoms with Gasteiger partial charge in [-0.2, -0.15) is 5.26 Å². The van der Waals surface area contributed by atoms with Gasteiger partial charge in [0.2, 0.25) is 5.91 Å². The number of nitrogens with two attached hydrogens (primary N) is 1. The second-order valence-electron chi connectivity index (χ2n) is 10.9. The van der Waals surface area contributed by atoms with Crippen molar-refractivity contribution in [2.75, 3.05) is 30.3 Å². The van der Waals surface area contributed by atoms with E-state index in [9.17, 15) is 14.9 Å². The molecule has 3 aromatic heterocycles. The van der Waals surface area contributed by atoms with Crippen LogP contribution in [0.25, 0.3) is 28.0 Å². The van der Waals surface area contributed by atoms with E-state index in [1.165, 1.54) is 22.8 Å². The van der Waals surface area contributed by atoms with Gasteiger partial charge in [-0.25, -0.2) is 9.37 Å². The molecule has 11 heteroatoms. The van der Waals surface area contributed by atoms with Crippen molar-refractivity contribution in [3.63, 3.8) is 0 Å². The lowest BCUT2D eigenvalue weighted by Gasteiger charge is -2.41. The first kappa shape index (κ1) is 29.7. The van der Waals surface area contributed by atoms with Crippen molar-refractivity contribution in [2.45, 2.75) is 39.7 Å². The Morgan fingerprint density at radius 3 is 2.65 bits per heavy atom. The number of anilines is 2. The first-order valence-corrected chi connectivity index (χ1v) is 14.2. The largest absolute Gasteiger partial charge is 0.398 e. The topological polar surface area (TPSA) is 121 Å². The monoisotopic (exact) mass is 599 g/mol. The van der Waals surface area contributed by atoms with Crippen LogP contribution in [0.2, 0.25) is 5.02 Å². The average molecular weight is 600 g/mol. The van der Waals surface area contributed by atoms with E-state index >= 15 is 4.39 Å². The number of carbonyl (C=O) groups excluding carboxylic acids is 1. The zero-order valence-electron chi connectivity index (χ0n) is 24.4. The van der Waals surface area contributed by atoms with Gasteiger partial charge in [-0.3, -0.25) is 19.1 Å². The number of benzene rings is 1. The molecule has 5 rings (SSSR count). The summed E-state index contributed by atoms with van der Waals surface area (Å²) in [5, 5.41) is 10.9. The quantitative estimate of drug-likeness (QED) is 0.242. The summed E-state index contributed by atoms with van der Waals surface area (Å²) in [7, 11) is 0. The van der Waals surface area contributed by atoms with Crippen LogP contribution in [-0.2, 0) is 4.79 Å². The lowest BCUT2D eigenvalue weighted by atomic mass is 10.0. The summed E-state index contributed by atoms with van der Waals surface area (Å²) in [6, 6.07) is 9.57. The van der Waals surface area contributed by atoms with Crippen molar-refractivity contribution >= 4 is 39.9 Å². The first-order chi connectivity index (χ1) is 20.5. The van der Waals surface area contributed by atoms with Crippen molar-refractivity contribution in [2.24, 2.45) is 0 Å². The van der Waals surface area contributed by atoms with Crippen molar-refractivity contribution in [3.05, 3.63) is 87.2 Å². The van der Waals surface area contributed by atoms with Crippen LogP contribution in [0, 0.1) is 24.1 Å². The SMILES string of the molecule is C=CC(=O)N1CCN(c2c(C#N)c(=O)n(-c3c(C)ccnc3C(C)C)c3nc(-c4c(N)cccc4F)c(Cl)cc23)CC1C. The van der Waals surface area contributed by atoms with Crippen LogP contribution in [0.15, 0.2) is 54.0 Å². The van der Waals surface area contributed by atoms with E-state index in [0.717, 1.165) is 5.56 Å². The molecule has 0 radical (unpaired) electrons. The molecule has 0 spiro atoms. The number of amides is 1. The molecule has 0 saturated carbocycles. The third kappa shape index (κ3) is 5.00. The Labute approximate surface area is 253 Å². The van der Waals surface area contributed by atoms with Crippen molar-refractivity contribution in [1.82, 2.24) is 19.4 Å². The summed E-state index contributed by atoms with van der Waals surface area (Å²) in [6.07, 6.45) is 2.94. The Balaban J connectivity index is 1.90. The predicted molar refractivity (Wildman–Crippen MR) is 167 cm³/mol. The lowest BCUT2D eigenvalue weighted by Crippen LogP contribution is -2.54. The van der Waals surface area contributed by atoms with Gasteiger partial charge in [0.25, 0.3) is 5.56 Å². The van der Waals surface area contributed by atoms with Gasteiger partial charge in [0.05, 0.1) is 33.3 Å². The normalized spacial score (nSPS) is 15.2. The molecular formula is C32H31ClFN7O2. The molecule has 4 heterocycles. The Morgan fingerprint density at radius 2 is 2.02 bits per heavy atom. The van der Waals surface area contributed by atoms with Crippen molar-refractivity contribution in [1.29, 1.82) is 5.26 Å². The van der Waals surface area contributed by atoms with Crippen LogP contribution in [0.1, 0.15) is 43.5 Å². The van der Waals surface area contributed by atoms with E-state index in [1.807, 2.05) is 32.6 Å². The second kappa shape index (κ2) is 11.5. The highest BCUT2D eigenvalue weighted by atomic mass is 35.5. The van der Waals surface area contributed by atoms with Gasteiger partial charge < -0.3 is 15.5 Å². The molecule has 0 bridgehead atoms. The van der Waals surface area contributed by atoms with Crippen molar-refractivity contribution < 1.29 is 9.18 Å². The molecule has 1 unspecified atom stereocenters. The minimum atomic E-state index is -0.617. The van der Waals surface area contributed by atoms with E-state index < -0.39 is 11.4 Å². The number of nitriles is 1. The lowest BCUT2D eigenvalue weighted by molar-refractivity contribution is -0.128. The second-order valence-corrected chi connectivity index (χ2v) is 11.3. The summed E-state index contributed by atoms with van der Waals surface area (Å²) >= 11 is 6.80. The highest BCUT2D eigenvalue weighted by molar-refractivity contribution is 6.34. The molecule has 1 saturated heterocycles. The molecule has 220 valence electrons. The summed E-state index contributed by atoms with van der Waals surface area (Å²) in [4.78, 5) is 39.8.